The van der Waals surface area contributed by atoms with E-state index >= 15 is 0 Å². The van der Waals surface area contributed by atoms with Gasteiger partial charge >= 0.3 is 0 Å². The quantitative estimate of drug-likeness (QED) is 0.725. The standard InChI is InChI=1S/C23H30O4/c1-13(15-10-19-20(11-18(15)24)27-12-26-19)14-8-16(22(2,3)4)21(25)17(9-14)23(5,6)7/h8-11,13,24-25H,12H2,1-7H3. The molecule has 2 aromatic rings. The van der Waals surface area contributed by atoms with Gasteiger partial charge in [-0.1, -0.05) is 60.6 Å². The Labute approximate surface area is 161 Å². The van der Waals surface area contributed by atoms with Crippen LogP contribution < -0.4 is 9.47 Å². The Morgan fingerprint density at radius 2 is 1.30 bits per heavy atom. The highest BCUT2D eigenvalue weighted by atomic mass is 16.7. The van der Waals surface area contributed by atoms with Gasteiger partial charge in [0.1, 0.15) is 11.5 Å². The number of phenols is 2. The van der Waals surface area contributed by atoms with Crippen molar-refractivity contribution in [1.82, 2.24) is 0 Å². The Balaban J connectivity index is 2.16. The summed E-state index contributed by atoms with van der Waals surface area (Å²) < 4.78 is 10.8. The third-order valence-corrected chi connectivity index (χ3v) is 5.24. The first-order valence-electron chi connectivity index (χ1n) is 9.40. The van der Waals surface area contributed by atoms with Gasteiger partial charge in [-0.2, -0.15) is 0 Å². The fourth-order valence-corrected chi connectivity index (χ4v) is 3.52. The molecule has 27 heavy (non-hydrogen) atoms. The summed E-state index contributed by atoms with van der Waals surface area (Å²) >= 11 is 0. The number of rotatable bonds is 2. The second kappa shape index (κ2) is 6.36. The summed E-state index contributed by atoms with van der Waals surface area (Å²) in [5.74, 6) is 1.71. The molecular weight excluding hydrogens is 340 g/mol. The van der Waals surface area contributed by atoms with Gasteiger partial charge in [0.25, 0.3) is 0 Å². The maximum atomic E-state index is 10.9. The minimum Gasteiger partial charge on any atom is -0.508 e. The van der Waals surface area contributed by atoms with Gasteiger partial charge in [0.15, 0.2) is 11.5 Å². The van der Waals surface area contributed by atoms with Gasteiger partial charge in [-0.25, -0.2) is 0 Å². The van der Waals surface area contributed by atoms with Crippen molar-refractivity contribution >= 4 is 0 Å². The molecule has 0 radical (unpaired) electrons. The van der Waals surface area contributed by atoms with Crippen LogP contribution in [0.1, 0.15) is 76.6 Å². The molecule has 0 aromatic heterocycles. The molecule has 1 heterocycles. The predicted molar refractivity (Wildman–Crippen MR) is 107 cm³/mol. The van der Waals surface area contributed by atoms with Crippen LogP contribution in [0.15, 0.2) is 24.3 Å². The van der Waals surface area contributed by atoms with E-state index in [0.717, 1.165) is 22.3 Å². The number of fused-ring (bicyclic) bond motifs is 1. The van der Waals surface area contributed by atoms with Crippen molar-refractivity contribution in [2.45, 2.75) is 65.2 Å². The van der Waals surface area contributed by atoms with Crippen molar-refractivity contribution in [3.8, 4) is 23.0 Å². The van der Waals surface area contributed by atoms with Crippen LogP contribution in [0.5, 0.6) is 23.0 Å². The summed E-state index contributed by atoms with van der Waals surface area (Å²) in [5.41, 5.74) is 3.27. The van der Waals surface area contributed by atoms with Crippen LogP contribution in [-0.4, -0.2) is 17.0 Å². The molecule has 0 saturated heterocycles. The van der Waals surface area contributed by atoms with E-state index in [-0.39, 0.29) is 29.3 Å². The van der Waals surface area contributed by atoms with Crippen LogP contribution in [0.2, 0.25) is 0 Å². The van der Waals surface area contributed by atoms with Gasteiger partial charge in [-0.15, -0.1) is 0 Å². The van der Waals surface area contributed by atoms with Crippen LogP contribution in [0, 0.1) is 0 Å². The highest BCUT2D eigenvalue weighted by Gasteiger charge is 2.29. The van der Waals surface area contributed by atoms with Gasteiger partial charge in [0.2, 0.25) is 6.79 Å². The minimum absolute atomic E-state index is 0.0673. The third kappa shape index (κ3) is 3.58. The van der Waals surface area contributed by atoms with Crippen molar-refractivity contribution in [2.75, 3.05) is 6.79 Å². The molecule has 0 aliphatic carbocycles. The lowest BCUT2D eigenvalue weighted by Crippen LogP contribution is -2.18. The third-order valence-electron chi connectivity index (χ3n) is 5.24. The average Bonchev–Trinajstić information content (AvgIpc) is 2.98. The lowest BCUT2D eigenvalue weighted by atomic mass is 9.76. The van der Waals surface area contributed by atoms with Crippen molar-refractivity contribution < 1.29 is 19.7 Å². The fourth-order valence-electron chi connectivity index (χ4n) is 3.52. The summed E-state index contributed by atoms with van der Waals surface area (Å²) in [6, 6.07) is 7.57. The molecule has 4 heteroatoms. The van der Waals surface area contributed by atoms with E-state index in [0.29, 0.717) is 17.2 Å². The second-order valence-electron chi connectivity index (χ2n) is 9.45. The van der Waals surface area contributed by atoms with Crippen LogP contribution in [-0.2, 0) is 10.8 Å². The molecule has 0 fully saturated rings. The monoisotopic (exact) mass is 370 g/mol. The van der Waals surface area contributed by atoms with Gasteiger partial charge in [0, 0.05) is 17.5 Å². The SMILES string of the molecule is CC(c1cc(C(C)(C)C)c(O)c(C(C)(C)C)c1)c1cc2c(cc1O)OCO2. The maximum absolute atomic E-state index is 10.9. The molecule has 3 rings (SSSR count). The molecule has 146 valence electrons. The fraction of sp³-hybridized carbons (Fsp3) is 0.478. The van der Waals surface area contributed by atoms with Gasteiger partial charge in [-0.05, 0) is 33.6 Å². The zero-order valence-corrected chi connectivity index (χ0v) is 17.3. The van der Waals surface area contributed by atoms with E-state index in [1.807, 2.05) is 6.07 Å². The van der Waals surface area contributed by atoms with Crippen LogP contribution >= 0.6 is 0 Å². The van der Waals surface area contributed by atoms with Crippen molar-refractivity contribution in [3.63, 3.8) is 0 Å². The molecule has 0 saturated carbocycles. The molecular formula is C23H30O4. The first kappa shape index (κ1) is 19.4. The zero-order valence-electron chi connectivity index (χ0n) is 17.3. The van der Waals surface area contributed by atoms with Gasteiger partial charge in [0.05, 0.1) is 0 Å². The molecule has 2 aromatic carbocycles. The summed E-state index contributed by atoms with van der Waals surface area (Å²) in [7, 11) is 0. The summed E-state index contributed by atoms with van der Waals surface area (Å²) in [6.45, 7) is 14.8. The minimum atomic E-state index is -0.198. The number of ether oxygens (including phenoxy) is 2. The molecule has 2 N–H and O–H groups in total. The summed E-state index contributed by atoms with van der Waals surface area (Å²) in [6.07, 6.45) is 0. The van der Waals surface area contributed by atoms with Gasteiger partial charge < -0.3 is 19.7 Å². The van der Waals surface area contributed by atoms with Crippen LogP contribution in [0.4, 0.5) is 0 Å². The maximum Gasteiger partial charge on any atom is 0.231 e. The van der Waals surface area contributed by atoms with Gasteiger partial charge in [-0.3, -0.25) is 0 Å². The largest absolute Gasteiger partial charge is 0.508 e. The Morgan fingerprint density at radius 3 is 1.78 bits per heavy atom. The number of aromatic hydroxyl groups is 2. The van der Waals surface area contributed by atoms with E-state index in [1.54, 1.807) is 6.07 Å². The van der Waals surface area contributed by atoms with E-state index in [2.05, 4.69) is 60.6 Å². The van der Waals surface area contributed by atoms with Crippen molar-refractivity contribution in [2.24, 2.45) is 0 Å². The first-order valence-corrected chi connectivity index (χ1v) is 9.40. The van der Waals surface area contributed by atoms with E-state index in [9.17, 15) is 10.2 Å². The Kier molecular flexibility index (Phi) is 4.57. The molecule has 0 amide bonds. The molecule has 1 aliphatic heterocycles. The molecule has 1 atom stereocenters. The Hall–Kier alpha value is -2.36. The smallest absolute Gasteiger partial charge is 0.231 e. The van der Waals surface area contributed by atoms with Crippen LogP contribution in [0.3, 0.4) is 0 Å². The lowest BCUT2D eigenvalue weighted by Gasteiger charge is -2.29. The van der Waals surface area contributed by atoms with E-state index < -0.39 is 0 Å². The zero-order chi connectivity index (χ0) is 20.1. The normalized spacial score (nSPS) is 15.1. The van der Waals surface area contributed by atoms with Crippen LogP contribution in [0.25, 0.3) is 0 Å². The Morgan fingerprint density at radius 1 is 0.815 bits per heavy atom. The van der Waals surface area contributed by atoms with Crippen molar-refractivity contribution in [1.29, 1.82) is 0 Å². The van der Waals surface area contributed by atoms with Crippen molar-refractivity contribution in [3.05, 3.63) is 46.5 Å². The molecule has 0 spiro atoms. The molecule has 0 bridgehead atoms. The molecule has 1 aliphatic rings. The van der Waals surface area contributed by atoms with E-state index in [1.165, 1.54) is 0 Å². The van der Waals surface area contributed by atoms with E-state index in [4.69, 9.17) is 9.47 Å². The highest BCUT2D eigenvalue weighted by molar-refractivity contribution is 5.56. The number of phenolic OH excluding ortho intramolecular Hbond substituents is 2. The number of hydrogen-bond donors (Lipinski definition) is 2. The number of hydrogen-bond acceptors (Lipinski definition) is 4. The lowest BCUT2D eigenvalue weighted by molar-refractivity contribution is 0.174. The molecule has 1 unspecified atom stereocenters. The summed E-state index contributed by atoms with van der Waals surface area (Å²) in [4.78, 5) is 0. The average molecular weight is 370 g/mol. The Bertz CT molecular complexity index is 834. The first-order chi connectivity index (χ1) is 12.4. The summed E-state index contributed by atoms with van der Waals surface area (Å²) in [5, 5.41) is 21.5. The number of benzene rings is 2. The molecule has 4 nitrogen and oxygen atoms in total. The predicted octanol–water partition coefficient (Wildman–Crippen LogP) is 5.57. The second-order valence-corrected chi connectivity index (χ2v) is 9.45. The topological polar surface area (TPSA) is 58.9 Å². The highest BCUT2D eigenvalue weighted by Crippen LogP contribution is 2.45.